The van der Waals surface area contributed by atoms with Crippen LogP contribution in [0.3, 0.4) is 0 Å². The van der Waals surface area contributed by atoms with Crippen LogP contribution in [0.4, 0.5) is 5.82 Å². The van der Waals surface area contributed by atoms with Crippen LogP contribution < -0.4 is 5.73 Å². The van der Waals surface area contributed by atoms with Gasteiger partial charge >= 0.3 is 0 Å². The van der Waals surface area contributed by atoms with Crippen molar-refractivity contribution in [3.8, 4) is 11.4 Å². The summed E-state index contributed by atoms with van der Waals surface area (Å²) in [5.41, 5.74) is 7.46. The van der Waals surface area contributed by atoms with Crippen LogP contribution >= 0.6 is 11.3 Å². The Kier molecular flexibility index (Phi) is 3.70. The van der Waals surface area contributed by atoms with Gasteiger partial charge in [0.05, 0.1) is 6.61 Å². The minimum atomic E-state index is -1.24. The molecule has 0 amide bonds. The Hall–Kier alpha value is -2.11. The molecule has 4 atom stereocenters. The molecule has 126 valence electrons. The molecular formula is C14H15N5O4S. The van der Waals surface area contributed by atoms with Crippen LogP contribution in [0.5, 0.6) is 0 Å². The molecule has 3 aromatic heterocycles. The van der Waals surface area contributed by atoms with Gasteiger partial charge < -0.3 is 25.8 Å². The monoisotopic (exact) mass is 349 g/mol. The zero-order valence-corrected chi connectivity index (χ0v) is 13.2. The van der Waals surface area contributed by atoms with E-state index in [1.807, 2.05) is 16.8 Å². The Morgan fingerprint density at radius 1 is 1.29 bits per heavy atom. The number of thiophene rings is 1. The number of ether oxygens (including phenoxy) is 1. The molecule has 0 radical (unpaired) electrons. The fourth-order valence-corrected chi connectivity index (χ4v) is 3.49. The maximum atomic E-state index is 10.4. The van der Waals surface area contributed by atoms with E-state index in [2.05, 4.69) is 15.0 Å². The van der Waals surface area contributed by atoms with Gasteiger partial charge in [0.25, 0.3) is 0 Å². The zero-order valence-electron chi connectivity index (χ0n) is 12.4. The average molecular weight is 349 g/mol. The lowest BCUT2D eigenvalue weighted by Crippen LogP contribution is -2.33. The maximum Gasteiger partial charge on any atom is 0.168 e. The quantitative estimate of drug-likeness (QED) is 0.507. The molecule has 1 fully saturated rings. The number of hydrogen-bond donors (Lipinski definition) is 4. The van der Waals surface area contributed by atoms with Crippen molar-refractivity contribution < 1.29 is 20.1 Å². The topological polar surface area (TPSA) is 140 Å². The predicted octanol–water partition coefficient (Wildman–Crippen LogP) is -0.252. The smallest absolute Gasteiger partial charge is 0.168 e. The van der Waals surface area contributed by atoms with E-state index in [1.165, 1.54) is 17.7 Å². The fraction of sp³-hybridized carbons (Fsp3) is 0.357. The number of aliphatic hydroxyl groups is 3. The summed E-state index contributed by atoms with van der Waals surface area (Å²) in [6, 6.07) is 1.87. The summed E-state index contributed by atoms with van der Waals surface area (Å²) in [5, 5.41) is 33.5. The zero-order chi connectivity index (χ0) is 16.8. The van der Waals surface area contributed by atoms with Crippen molar-refractivity contribution in [1.29, 1.82) is 0 Å². The molecular weight excluding hydrogens is 334 g/mol. The van der Waals surface area contributed by atoms with Gasteiger partial charge in [0.1, 0.15) is 30.5 Å². The van der Waals surface area contributed by atoms with Gasteiger partial charge in [0.2, 0.25) is 0 Å². The first-order valence-corrected chi connectivity index (χ1v) is 8.19. The molecule has 5 N–H and O–H groups in total. The van der Waals surface area contributed by atoms with E-state index in [9.17, 15) is 15.3 Å². The van der Waals surface area contributed by atoms with E-state index in [1.54, 1.807) is 4.57 Å². The molecule has 24 heavy (non-hydrogen) atoms. The largest absolute Gasteiger partial charge is 0.394 e. The highest BCUT2D eigenvalue weighted by molar-refractivity contribution is 7.08. The number of nitrogen functional groups attached to an aromatic ring is 1. The second-order valence-corrected chi connectivity index (χ2v) is 6.26. The lowest BCUT2D eigenvalue weighted by atomic mass is 10.1. The number of imidazole rings is 1. The minimum Gasteiger partial charge on any atom is -0.394 e. The minimum absolute atomic E-state index is 0.210. The van der Waals surface area contributed by atoms with Crippen LogP contribution in [0.15, 0.2) is 23.2 Å². The number of aromatic nitrogens is 4. The van der Waals surface area contributed by atoms with Crippen molar-refractivity contribution in [3.05, 3.63) is 23.2 Å². The first-order chi connectivity index (χ1) is 11.6. The SMILES string of the molecule is Nc1ncnc2c1nc(-c1ccsc1)n2[C@@H]1O[C@H](CO)C(O)C1O. The lowest BCUT2D eigenvalue weighted by Gasteiger charge is -2.19. The van der Waals surface area contributed by atoms with Gasteiger partial charge in [-0.05, 0) is 11.4 Å². The third-order valence-electron chi connectivity index (χ3n) is 4.06. The van der Waals surface area contributed by atoms with E-state index in [0.717, 1.165) is 5.56 Å². The van der Waals surface area contributed by atoms with Crippen LogP contribution in [-0.4, -0.2) is 59.8 Å². The third kappa shape index (κ3) is 2.19. The van der Waals surface area contributed by atoms with Crippen LogP contribution in [-0.2, 0) is 4.74 Å². The summed E-state index contributed by atoms with van der Waals surface area (Å²) < 4.78 is 7.22. The fourth-order valence-electron chi connectivity index (χ4n) is 2.86. The highest BCUT2D eigenvalue weighted by Gasteiger charge is 2.45. The van der Waals surface area contributed by atoms with Gasteiger partial charge in [0.15, 0.2) is 23.2 Å². The first-order valence-electron chi connectivity index (χ1n) is 7.25. The Morgan fingerprint density at radius 3 is 2.79 bits per heavy atom. The molecule has 0 bridgehead atoms. The summed E-state index contributed by atoms with van der Waals surface area (Å²) in [6.45, 7) is -0.410. The van der Waals surface area contributed by atoms with Gasteiger partial charge in [-0.3, -0.25) is 4.57 Å². The van der Waals surface area contributed by atoms with Gasteiger partial charge in [0, 0.05) is 10.9 Å². The number of fused-ring (bicyclic) bond motifs is 1. The van der Waals surface area contributed by atoms with Crippen LogP contribution in [0, 0.1) is 0 Å². The summed E-state index contributed by atoms with van der Waals surface area (Å²) in [6.07, 6.45) is -3.00. The third-order valence-corrected chi connectivity index (χ3v) is 4.74. The number of nitrogens with zero attached hydrogens (tertiary/aromatic N) is 4. The van der Waals surface area contributed by atoms with Crippen molar-refractivity contribution in [1.82, 2.24) is 19.5 Å². The van der Waals surface area contributed by atoms with Crippen molar-refractivity contribution in [3.63, 3.8) is 0 Å². The predicted molar refractivity (Wildman–Crippen MR) is 86.1 cm³/mol. The van der Waals surface area contributed by atoms with Gasteiger partial charge in [-0.15, -0.1) is 0 Å². The van der Waals surface area contributed by atoms with E-state index < -0.39 is 31.1 Å². The maximum absolute atomic E-state index is 10.4. The number of nitrogens with two attached hydrogens (primary N) is 1. The number of hydrogen-bond acceptors (Lipinski definition) is 9. The molecule has 1 aliphatic rings. The summed E-state index contributed by atoms with van der Waals surface area (Å²) >= 11 is 1.49. The van der Waals surface area contributed by atoms with Gasteiger partial charge in [-0.25, -0.2) is 15.0 Å². The summed E-state index contributed by atoms with van der Waals surface area (Å²) in [4.78, 5) is 12.6. The molecule has 2 unspecified atom stereocenters. The van der Waals surface area contributed by atoms with E-state index in [0.29, 0.717) is 17.0 Å². The highest BCUT2D eigenvalue weighted by atomic mass is 32.1. The van der Waals surface area contributed by atoms with E-state index in [4.69, 9.17) is 10.5 Å². The van der Waals surface area contributed by atoms with Crippen molar-refractivity contribution in [2.24, 2.45) is 0 Å². The summed E-state index contributed by atoms with van der Waals surface area (Å²) in [7, 11) is 0. The highest BCUT2D eigenvalue weighted by Crippen LogP contribution is 2.36. The Labute approximate surface area is 140 Å². The van der Waals surface area contributed by atoms with E-state index >= 15 is 0 Å². The average Bonchev–Trinajstić information content (AvgIpc) is 3.27. The Balaban J connectivity index is 1.94. The second-order valence-electron chi connectivity index (χ2n) is 5.48. The molecule has 0 aromatic carbocycles. The molecule has 10 heteroatoms. The Bertz CT molecular complexity index is 868. The van der Waals surface area contributed by atoms with Gasteiger partial charge in [-0.1, -0.05) is 0 Å². The lowest BCUT2D eigenvalue weighted by molar-refractivity contribution is -0.0503. The number of aliphatic hydroxyl groups excluding tert-OH is 3. The van der Waals surface area contributed by atoms with Crippen LogP contribution in [0.25, 0.3) is 22.6 Å². The Morgan fingerprint density at radius 2 is 2.12 bits per heavy atom. The van der Waals surface area contributed by atoms with Crippen molar-refractivity contribution >= 4 is 28.3 Å². The molecule has 1 saturated heterocycles. The van der Waals surface area contributed by atoms with Crippen LogP contribution in [0.1, 0.15) is 6.23 Å². The molecule has 0 spiro atoms. The molecule has 0 aliphatic carbocycles. The van der Waals surface area contributed by atoms with E-state index in [-0.39, 0.29) is 5.82 Å². The normalized spacial score (nSPS) is 27.1. The van der Waals surface area contributed by atoms with Crippen LogP contribution in [0.2, 0.25) is 0 Å². The molecule has 4 rings (SSSR count). The number of rotatable bonds is 3. The molecule has 1 aliphatic heterocycles. The summed E-state index contributed by atoms with van der Waals surface area (Å²) in [5.74, 6) is 0.704. The standard InChI is InChI=1S/C14H15N5O4S/c15-11-8-13(17-5-16-11)19(12(18-8)6-1-2-24-4-6)14-10(22)9(21)7(3-20)23-14/h1-2,4-5,7,9-10,14,20-22H,3H2,(H2,15,16,17)/t7-,9?,10?,14-/m1/s1. The molecule has 4 heterocycles. The molecule has 9 nitrogen and oxygen atoms in total. The second kappa shape index (κ2) is 5.76. The van der Waals surface area contributed by atoms with Gasteiger partial charge in [-0.2, -0.15) is 11.3 Å². The van der Waals surface area contributed by atoms with Crippen molar-refractivity contribution in [2.75, 3.05) is 12.3 Å². The first kappa shape index (κ1) is 15.4. The molecule has 0 saturated carbocycles. The van der Waals surface area contributed by atoms with Crippen molar-refractivity contribution in [2.45, 2.75) is 24.5 Å². The molecule has 3 aromatic rings. The number of anilines is 1.